The molecule has 0 aromatic carbocycles. The van der Waals surface area contributed by atoms with Gasteiger partial charge in [-0.2, -0.15) is 0 Å². The Morgan fingerprint density at radius 1 is 1.62 bits per heavy atom. The van der Waals surface area contributed by atoms with E-state index in [1.165, 1.54) is 0 Å². The van der Waals surface area contributed by atoms with E-state index in [1.807, 2.05) is 0 Å². The number of halogens is 2. The van der Waals surface area contributed by atoms with Gasteiger partial charge in [-0.15, -0.1) is 24.0 Å². The molecule has 1 nitrogen and oxygen atoms in total. The lowest BCUT2D eigenvalue weighted by Gasteiger charge is -2.01. The van der Waals surface area contributed by atoms with Gasteiger partial charge in [0, 0.05) is 5.88 Å². The fourth-order valence-corrected chi connectivity index (χ4v) is 0.516. The molecular formula is C5H13Cl2N. The van der Waals surface area contributed by atoms with Gasteiger partial charge in [-0.1, -0.05) is 6.92 Å². The molecule has 0 saturated heterocycles. The van der Waals surface area contributed by atoms with Gasteiger partial charge < -0.3 is 5.73 Å². The van der Waals surface area contributed by atoms with Gasteiger partial charge in [-0.3, -0.25) is 0 Å². The summed E-state index contributed by atoms with van der Waals surface area (Å²) in [6.45, 7) is 2.85. The van der Waals surface area contributed by atoms with Crippen molar-refractivity contribution in [1.82, 2.24) is 0 Å². The zero-order chi connectivity index (χ0) is 5.70. The fraction of sp³-hybridized carbons (Fsp3) is 1.00. The molecule has 0 aromatic heterocycles. The first-order valence-electron chi connectivity index (χ1n) is 2.57. The molecule has 2 N–H and O–H groups in total. The maximum Gasteiger partial charge on any atom is 0.0249 e. The van der Waals surface area contributed by atoms with Crippen LogP contribution in [0, 0.1) is 5.92 Å². The van der Waals surface area contributed by atoms with Crippen molar-refractivity contribution in [3.05, 3.63) is 0 Å². The van der Waals surface area contributed by atoms with E-state index in [-0.39, 0.29) is 12.4 Å². The first-order chi connectivity index (χ1) is 3.31. The summed E-state index contributed by atoms with van der Waals surface area (Å²) in [5, 5.41) is 0. The maximum absolute atomic E-state index is 5.48. The zero-order valence-corrected chi connectivity index (χ0v) is 6.63. The molecule has 0 saturated carbocycles. The van der Waals surface area contributed by atoms with E-state index in [0.717, 1.165) is 18.8 Å². The van der Waals surface area contributed by atoms with Crippen LogP contribution in [0.3, 0.4) is 0 Å². The molecule has 0 rings (SSSR count). The molecule has 0 fully saturated rings. The Hall–Kier alpha value is 0.540. The number of hydrogen-bond donors (Lipinski definition) is 1. The highest BCUT2D eigenvalue weighted by Crippen LogP contribution is 2.00. The summed E-state index contributed by atoms with van der Waals surface area (Å²) in [6, 6.07) is 0. The van der Waals surface area contributed by atoms with Crippen molar-refractivity contribution in [2.75, 3.05) is 12.4 Å². The summed E-state index contributed by atoms with van der Waals surface area (Å²) in [4.78, 5) is 0. The Balaban J connectivity index is 0. The molecule has 0 bridgehead atoms. The molecule has 1 atom stereocenters. The van der Waals surface area contributed by atoms with Crippen LogP contribution in [0.25, 0.3) is 0 Å². The van der Waals surface area contributed by atoms with Crippen molar-refractivity contribution < 1.29 is 0 Å². The Kier molecular flexibility index (Phi) is 10.7. The second kappa shape index (κ2) is 7.54. The highest BCUT2D eigenvalue weighted by Gasteiger charge is 1.94. The van der Waals surface area contributed by atoms with E-state index in [1.54, 1.807) is 0 Å². The van der Waals surface area contributed by atoms with Crippen LogP contribution in [0.4, 0.5) is 0 Å². The van der Waals surface area contributed by atoms with Crippen LogP contribution in [0.15, 0.2) is 0 Å². The molecule has 0 spiro atoms. The average Bonchev–Trinajstić information content (AvgIpc) is 1.68. The molecule has 0 amide bonds. The Bertz CT molecular complexity index is 41.4. The maximum atomic E-state index is 5.48. The van der Waals surface area contributed by atoms with E-state index in [0.29, 0.717) is 5.92 Å². The first-order valence-corrected chi connectivity index (χ1v) is 3.10. The van der Waals surface area contributed by atoms with Gasteiger partial charge in [0.2, 0.25) is 0 Å². The van der Waals surface area contributed by atoms with Crippen LogP contribution >= 0.6 is 24.0 Å². The average molecular weight is 158 g/mol. The molecule has 0 aliphatic heterocycles. The van der Waals surface area contributed by atoms with Crippen molar-refractivity contribution in [2.24, 2.45) is 11.7 Å². The molecule has 52 valence electrons. The molecule has 0 radical (unpaired) electrons. The predicted molar refractivity (Wildman–Crippen MR) is 40.8 cm³/mol. The number of hydrogen-bond acceptors (Lipinski definition) is 1. The normalized spacial score (nSPS) is 12.4. The van der Waals surface area contributed by atoms with Crippen molar-refractivity contribution in [3.63, 3.8) is 0 Å². The van der Waals surface area contributed by atoms with Gasteiger partial charge in [-0.05, 0) is 18.9 Å². The third-order valence-electron chi connectivity index (χ3n) is 0.923. The molecule has 1 unspecified atom stereocenters. The standard InChI is InChI=1S/C5H12ClN.ClH/c1-5(4-6)2-3-7;/h5H,2-4,7H2,1H3;1H. The molecular weight excluding hydrogens is 145 g/mol. The van der Waals surface area contributed by atoms with Crippen LogP contribution < -0.4 is 5.73 Å². The highest BCUT2D eigenvalue weighted by atomic mass is 35.5. The lowest BCUT2D eigenvalue weighted by Crippen LogP contribution is -2.06. The van der Waals surface area contributed by atoms with Crippen molar-refractivity contribution in [2.45, 2.75) is 13.3 Å². The lowest BCUT2D eigenvalue weighted by molar-refractivity contribution is 0.602. The predicted octanol–water partition coefficient (Wildman–Crippen LogP) is 1.63. The molecule has 0 heterocycles. The molecule has 0 aliphatic carbocycles. The third-order valence-corrected chi connectivity index (χ3v) is 1.45. The van der Waals surface area contributed by atoms with Crippen LogP contribution in [0.1, 0.15) is 13.3 Å². The SMILES string of the molecule is CC(CCl)CCN.Cl. The minimum atomic E-state index is 0. The van der Waals surface area contributed by atoms with Gasteiger partial charge in [0.05, 0.1) is 0 Å². The zero-order valence-electron chi connectivity index (χ0n) is 5.06. The van der Waals surface area contributed by atoms with Gasteiger partial charge in [0.1, 0.15) is 0 Å². The number of rotatable bonds is 3. The summed E-state index contributed by atoms with van der Waals surface area (Å²) in [6.07, 6.45) is 1.05. The molecule has 0 aromatic rings. The fourth-order valence-electron chi connectivity index (χ4n) is 0.362. The Morgan fingerprint density at radius 3 is 2.25 bits per heavy atom. The summed E-state index contributed by atoms with van der Waals surface area (Å²) >= 11 is 5.48. The smallest absolute Gasteiger partial charge is 0.0249 e. The minimum Gasteiger partial charge on any atom is -0.330 e. The van der Waals surface area contributed by atoms with Gasteiger partial charge in [-0.25, -0.2) is 0 Å². The van der Waals surface area contributed by atoms with E-state index < -0.39 is 0 Å². The second-order valence-electron chi connectivity index (χ2n) is 1.84. The van der Waals surface area contributed by atoms with Crippen molar-refractivity contribution in [1.29, 1.82) is 0 Å². The van der Waals surface area contributed by atoms with Gasteiger partial charge in [0.25, 0.3) is 0 Å². The summed E-state index contributed by atoms with van der Waals surface area (Å²) in [7, 11) is 0. The lowest BCUT2D eigenvalue weighted by atomic mass is 10.1. The summed E-state index contributed by atoms with van der Waals surface area (Å²) in [5.74, 6) is 1.32. The quantitative estimate of drug-likeness (QED) is 0.620. The largest absolute Gasteiger partial charge is 0.330 e. The first kappa shape index (κ1) is 11.4. The van der Waals surface area contributed by atoms with Crippen LogP contribution in [-0.4, -0.2) is 12.4 Å². The molecule has 3 heteroatoms. The number of alkyl halides is 1. The van der Waals surface area contributed by atoms with Crippen LogP contribution in [0.2, 0.25) is 0 Å². The van der Waals surface area contributed by atoms with Gasteiger partial charge in [0.15, 0.2) is 0 Å². The molecule has 0 aliphatic rings. The summed E-state index contributed by atoms with van der Waals surface area (Å²) in [5.41, 5.74) is 5.25. The monoisotopic (exact) mass is 157 g/mol. The molecule has 8 heavy (non-hydrogen) atoms. The highest BCUT2D eigenvalue weighted by molar-refractivity contribution is 6.18. The topological polar surface area (TPSA) is 26.0 Å². The van der Waals surface area contributed by atoms with Crippen molar-refractivity contribution >= 4 is 24.0 Å². The van der Waals surface area contributed by atoms with E-state index >= 15 is 0 Å². The minimum absolute atomic E-state index is 0. The Labute approximate surface area is 62.0 Å². The Morgan fingerprint density at radius 2 is 2.12 bits per heavy atom. The van der Waals surface area contributed by atoms with E-state index in [2.05, 4.69) is 6.92 Å². The third kappa shape index (κ3) is 6.54. The van der Waals surface area contributed by atoms with Crippen LogP contribution in [0.5, 0.6) is 0 Å². The second-order valence-corrected chi connectivity index (χ2v) is 2.15. The van der Waals surface area contributed by atoms with E-state index in [9.17, 15) is 0 Å². The van der Waals surface area contributed by atoms with Gasteiger partial charge >= 0.3 is 0 Å². The summed E-state index contributed by atoms with van der Waals surface area (Å²) < 4.78 is 0. The van der Waals surface area contributed by atoms with E-state index in [4.69, 9.17) is 17.3 Å². The van der Waals surface area contributed by atoms with Crippen LogP contribution in [-0.2, 0) is 0 Å². The van der Waals surface area contributed by atoms with Crippen molar-refractivity contribution in [3.8, 4) is 0 Å². The number of nitrogens with two attached hydrogens (primary N) is 1.